The van der Waals surface area contributed by atoms with Gasteiger partial charge in [-0.1, -0.05) is 56.0 Å². The monoisotopic (exact) mass is 429 g/mol. The highest BCUT2D eigenvalue weighted by atomic mass is 32.2. The van der Waals surface area contributed by atoms with E-state index in [0.29, 0.717) is 27.6 Å². The van der Waals surface area contributed by atoms with E-state index in [9.17, 15) is 18.0 Å². The Balaban J connectivity index is 2.08. The van der Waals surface area contributed by atoms with Gasteiger partial charge in [-0.25, -0.2) is 9.78 Å². The van der Waals surface area contributed by atoms with Crippen LogP contribution in [0.15, 0.2) is 27.4 Å². The molecular formula is C16H14F3N5O2S2. The normalized spacial score (nSPS) is 12.4. The number of halogens is 3. The van der Waals surface area contributed by atoms with E-state index in [1.807, 2.05) is 26.8 Å². The molecule has 2 aromatic heterocycles. The van der Waals surface area contributed by atoms with Crippen molar-refractivity contribution < 1.29 is 23.1 Å². The molecule has 0 spiro atoms. The molecule has 0 aliphatic heterocycles. The van der Waals surface area contributed by atoms with E-state index in [4.69, 9.17) is 5.11 Å². The number of aromatic carboxylic acids is 1. The first-order valence-electron chi connectivity index (χ1n) is 7.84. The fourth-order valence-electron chi connectivity index (χ4n) is 2.42. The summed E-state index contributed by atoms with van der Waals surface area (Å²) < 4.78 is 39.4. The van der Waals surface area contributed by atoms with E-state index in [2.05, 4.69) is 25.6 Å². The summed E-state index contributed by atoms with van der Waals surface area (Å²) in [4.78, 5) is 14.5. The third-order valence-corrected chi connectivity index (χ3v) is 5.82. The molecule has 0 bridgehead atoms. The first kappa shape index (κ1) is 20.3. The maximum Gasteiger partial charge on any atom is 0.435 e. The van der Waals surface area contributed by atoms with Crippen molar-refractivity contribution in [2.45, 2.75) is 41.6 Å². The number of nitrogens with one attached hydrogen (secondary N) is 1. The zero-order valence-corrected chi connectivity index (χ0v) is 16.5. The Bertz CT molecular complexity index is 1010. The van der Waals surface area contributed by atoms with Crippen molar-refractivity contribution in [2.24, 2.45) is 0 Å². The molecule has 0 amide bonds. The van der Waals surface area contributed by atoms with E-state index in [0.717, 1.165) is 17.3 Å². The largest absolute Gasteiger partial charge is 0.477 e. The van der Waals surface area contributed by atoms with Crippen molar-refractivity contribution >= 4 is 29.1 Å². The molecule has 1 aromatic carbocycles. The number of hydrogen-bond acceptors (Lipinski definition) is 7. The van der Waals surface area contributed by atoms with E-state index >= 15 is 0 Å². The van der Waals surface area contributed by atoms with Crippen LogP contribution in [-0.2, 0) is 11.6 Å². The van der Waals surface area contributed by atoms with Gasteiger partial charge in [0.2, 0.25) is 5.82 Å². The smallest absolute Gasteiger partial charge is 0.435 e. The Morgan fingerprint density at radius 3 is 2.46 bits per heavy atom. The van der Waals surface area contributed by atoms with E-state index in [1.165, 1.54) is 0 Å². The first-order valence-corrected chi connectivity index (χ1v) is 9.47. The molecule has 0 aliphatic rings. The van der Waals surface area contributed by atoms with Crippen LogP contribution in [0.5, 0.6) is 0 Å². The van der Waals surface area contributed by atoms with Crippen LogP contribution in [-0.4, -0.2) is 36.7 Å². The number of hydrogen-bond donors (Lipinski definition) is 2. The van der Waals surface area contributed by atoms with Gasteiger partial charge in [0.15, 0.2) is 10.0 Å². The topological polar surface area (TPSA) is 105 Å². The quantitative estimate of drug-likeness (QED) is 0.630. The Labute approximate surface area is 165 Å². The first-order chi connectivity index (χ1) is 13.0. The predicted octanol–water partition coefficient (Wildman–Crippen LogP) is 4.49. The second-order valence-corrected chi connectivity index (χ2v) is 9.05. The standard InChI is InChI=1S/C16H14F3N5O2S2/c1-15(2,3)8-5-4-7(12-21-23-24-22-12)6-9(8)27-14-20-11(16(17,18)19)10(28-14)13(25)26/h4-6H,1-3H3,(H,25,26)(H,21,22,23,24). The zero-order chi connectivity index (χ0) is 20.7. The summed E-state index contributed by atoms with van der Waals surface area (Å²) in [6.07, 6.45) is -4.84. The van der Waals surface area contributed by atoms with Gasteiger partial charge in [0.1, 0.15) is 4.88 Å². The Kier molecular flexibility index (Phi) is 5.19. The fraction of sp³-hybridized carbons (Fsp3) is 0.312. The van der Waals surface area contributed by atoms with Crippen molar-refractivity contribution in [3.05, 3.63) is 34.3 Å². The van der Waals surface area contributed by atoms with Crippen molar-refractivity contribution in [3.63, 3.8) is 0 Å². The lowest BCUT2D eigenvalue weighted by Crippen LogP contribution is -2.12. The Hall–Kier alpha value is -2.47. The van der Waals surface area contributed by atoms with Gasteiger partial charge in [0.05, 0.1) is 0 Å². The third-order valence-electron chi connectivity index (χ3n) is 3.66. The SMILES string of the molecule is CC(C)(C)c1ccc(-c2nn[nH]n2)cc1Sc1nc(C(F)(F)F)c(C(=O)O)s1. The molecule has 148 valence electrons. The second kappa shape index (κ2) is 7.17. The number of rotatable bonds is 4. The van der Waals surface area contributed by atoms with Gasteiger partial charge in [-0.2, -0.15) is 18.4 Å². The van der Waals surface area contributed by atoms with Gasteiger partial charge >= 0.3 is 12.1 Å². The zero-order valence-electron chi connectivity index (χ0n) is 14.8. The average Bonchev–Trinajstić information content (AvgIpc) is 3.22. The number of nitrogens with zero attached hydrogens (tertiary/aromatic N) is 4. The average molecular weight is 429 g/mol. The minimum atomic E-state index is -4.84. The Morgan fingerprint density at radius 1 is 1.25 bits per heavy atom. The van der Waals surface area contributed by atoms with Gasteiger partial charge in [-0.05, 0) is 22.3 Å². The molecule has 0 unspecified atom stereocenters. The number of aromatic amines is 1. The molecule has 0 atom stereocenters. The molecule has 28 heavy (non-hydrogen) atoms. The van der Waals surface area contributed by atoms with Gasteiger partial charge in [-0.15, -0.1) is 10.2 Å². The summed E-state index contributed by atoms with van der Waals surface area (Å²) in [5.41, 5.74) is -0.211. The lowest BCUT2D eigenvalue weighted by Gasteiger charge is -2.22. The molecular weight excluding hydrogens is 415 g/mol. The number of thiazole rings is 1. The molecule has 3 rings (SSSR count). The number of alkyl halides is 3. The summed E-state index contributed by atoms with van der Waals surface area (Å²) in [5, 5.41) is 22.7. The maximum atomic E-state index is 13.1. The van der Waals surface area contributed by atoms with Crippen LogP contribution in [0.2, 0.25) is 0 Å². The van der Waals surface area contributed by atoms with Crippen LogP contribution in [0.1, 0.15) is 41.7 Å². The molecule has 0 saturated carbocycles. The predicted molar refractivity (Wildman–Crippen MR) is 96.5 cm³/mol. The molecule has 12 heteroatoms. The van der Waals surface area contributed by atoms with Crippen molar-refractivity contribution in [1.82, 2.24) is 25.6 Å². The lowest BCUT2D eigenvalue weighted by molar-refractivity contribution is -0.141. The highest BCUT2D eigenvalue weighted by molar-refractivity contribution is 8.01. The number of H-pyrrole nitrogens is 1. The second-order valence-electron chi connectivity index (χ2n) is 6.76. The van der Waals surface area contributed by atoms with Crippen LogP contribution in [0.25, 0.3) is 11.4 Å². The van der Waals surface area contributed by atoms with Gasteiger partial charge in [0, 0.05) is 10.5 Å². The summed E-state index contributed by atoms with van der Waals surface area (Å²) in [7, 11) is 0. The summed E-state index contributed by atoms with van der Waals surface area (Å²) >= 11 is 1.47. The van der Waals surface area contributed by atoms with Crippen molar-refractivity contribution in [1.29, 1.82) is 0 Å². The molecule has 2 N–H and O–H groups in total. The van der Waals surface area contributed by atoms with Crippen LogP contribution in [0.3, 0.4) is 0 Å². The number of tetrazole rings is 1. The van der Waals surface area contributed by atoms with Gasteiger partial charge in [-0.3, -0.25) is 0 Å². The van der Waals surface area contributed by atoms with Crippen LogP contribution < -0.4 is 0 Å². The van der Waals surface area contributed by atoms with Crippen LogP contribution in [0, 0.1) is 0 Å². The minimum Gasteiger partial charge on any atom is -0.477 e. The molecule has 0 fully saturated rings. The molecule has 0 radical (unpaired) electrons. The van der Waals surface area contributed by atoms with Crippen molar-refractivity contribution in [2.75, 3.05) is 0 Å². The van der Waals surface area contributed by atoms with Crippen molar-refractivity contribution in [3.8, 4) is 11.4 Å². The molecule has 2 heterocycles. The minimum absolute atomic E-state index is 0.0134. The molecule has 0 saturated heterocycles. The number of carboxylic acid groups (broad SMARTS) is 1. The number of carbonyl (C=O) groups is 1. The summed E-state index contributed by atoms with van der Waals surface area (Å²) in [6, 6.07) is 5.36. The summed E-state index contributed by atoms with van der Waals surface area (Å²) in [6.45, 7) is 5.89. The van der Waals surface area contributed by atoms with E-state index in [1.54, 1.807) is 12.1 Å². The van der Waals surface area contributed by atoms with Crippen LogP contribution in [0.4, 0.5) is 13.2 Å². The van der Waals surface area contributed by atoms with Gasteiger partial charge < -0.3 is 5.11 Å². The fourth-order valence-corrected chi connectivity index (χ4v) is 4.76. The number of aromatic nitrogens is 5. The highest BCUT2D eigenvalue weighted by Gasteiger charge is 2.40. The maximum absolute atomic E-state index is 13.1. The lowest BCUT2D eigenvalue weighted by atomic mass is 9.86. The van der Waals surface area contributed by atoms with Crippen LogP contribution >= 0.6 is 23.1 Å². The Morgan fingerprint density at radius 2 is 1.96 bits per heavy atom. The number of benzene rings is 1. The molecule has 7 nitrogen and oxygen atoms in total. The van der Waals surface area contributed by atoms with E-state index in [-0.39, 0.29) is 9.75 Å². The van der Waals surface area contributed by atoms with E-state index < -0.39 is 22.7 Å². The summed E-state index contributed by atoms with van der Waals surface area (Å²) in [5.74, 6) is -1.32. The molecule has 0 aliphatic carbocycles. The highest BCUT2D eigenvalue weighted by Crippen LogP contribution is 2.43. The third kappa shape index (κ3) is 4.17. The number of carboxylic acids is 1. The molecule has 3 aromatic rings. The van der Waals surface area contributed by atoms with Gasteiger partial charge in [0.25, 0.3) is 0 Å².